The fourth-order valence-electron chi connectivity index (χ4n) is 2.35. The zero-order chi connectivity index (χ0) is 15.1. The maximum absolute atomic E-state index is 5.23. The quantitative estimate of drug-likeness (QED) is 0.261. The standard InChI is InChI=1S/C14H34O4Si2/c1-15-13(16-2)19-11-9-7-5-6-8-10-12-20-14(17-3)18-4/h13-14H,5-12,19-20H2,1-4H3. The fraction of sp³-hybridized carbons (Fsp3) is 1.00. The molecular formula is C14H34O4Si2. The normalized spacial score (nSPS) is 12.9. The van der Waals surface area contributed by atoms with E-state index < -0.39 is 0 Å². The van der Waals surface area contributed by atoms with Crippen molar-refractivity contribution >= 4 is 19.0 Å². The molecule has 0 aromatic carbocycles. The summed E-state index contributed by atoms with van der Waals surface area (Å²) in [4.78, 5) is 0. The molecule has 0 radical (unpaired) electrons. The van der Waals surface area contributed by atoms with Crippen LogP contribution in [0.3, 0.4) is 0 Å². The summed E-state index contributed by atoms with van der Waals surface area (Å²) in [6.45, 7) is 0. The maximum atomic E-state index is 5.23. The molecule has 0 aliphatic rings. The summed E-state index contributed by atoms with van der Waals surface area (Å²) in [5.74, 6) is 0.240. The van der Waals surface area contributed by atoms with Gasteiger partial charge in [-0.25, -0.2) is 0 Å². The van der Waals surface area contributed by atoms with Crippen molar-refractivity contribution in [1.82, 2.24) is 0 Å². The van der Waals surface area contributed by atoms with Crippen LogP contribution in [0.5, 0.6) is 0 Å². The lowest BCUT2D eigenvalue weighted by atomic mass is 10.1. The average molecular weight is 323 g/mol. The van der Waals surface area contributed by atoms with Gasteiger partial charge in [0.1, 0.15) is 11.8 Å². The first-order valence-electron chi connectivity index (χ1n) is 7.89. The Morgan fingerprint density at radius 2 is 0.850 bits per heavy atom. The SMILES string of the molecule is COC(OC)[SiH2]CCCCCCCC[SiH2]C(OC)OC. The third-order valence-electron chi connectivity index (χ3n) is 3.68. The van der Waals surface area contributed by atoms with Crippen LogP contribution in [0.15, 0.2) is 0 Å². The van der Waals surface area contributed by atoms with Crippen molar-refractivity contribution in [3.05, 3.63) is 0 Å². The third-order valence-corrected chi connectivity index (χ3v) is 7.77. The van der Waals surface area contributed by atoms with Crippen LogP contribution in [0.1, 0.15) is 38.5 Å². The molecule has 0 N–H and O–H groups in total. The van der Waals surface area contributed by atoms with E-state index in [2.05, 4.69) is 0 Å². The summed E-state index contributed by atoms with van der Waals surface area (Å²) < 4.78 is 20.9. The molecule has 0 amide bonds. The first-order chi connectivity index (χ1) is 9.78. The number of hydrogen-bond donors (Lipinski definition) is 0. The number of methoxy groups -OCH3 is 4. The van der Waals surface area contributed by atoms with Crippen molar-refractivity contribution in [2.45, 2.75) is 62.4 Å². The van der Waals surface area contributed by atoms with E-state index in [-0.39, 0.29) is 30.9 Å². The van der Waals surface area contributed by atoms with Crippen LogP contribution in [-0.4, -0.2) is 59.3 Å². The van der Waals surface area contributed by atoms with Gasteiger partial charge in [-0.15, -0.1) is 0 Å². The lowest BCUT2D eigenvalue weighted by molar-refractivity contribution is -0.0442. The van der Waals surface area contributed by atoms with Crippen LogP contribution in [0.25, 0.3) is 0 Å². The first-order valence-corrected chi connectivity index (χ1v) is 11.5. The van der Waals surface area contributed by atoms with Crippen molar-refractivity contribution < 1.29 is 18.9 Å². The molecule has 0 saturated carbocycles. The molecule has 0 aromatic rings. The zero-order valence-corrected chi connectivity index (χ0v) is 16.7. The van der Waals surface area contributed by atoms with Crippen molar-refractivity contribution in [3.63, 3.8) is 0 Å². The number of ether oxygens (including phenoxy) is 4. The second kappa shape index (κ2) is 15.7. The van der Waals surface area contributed by atoms with Gasteiger partial charge in [-0.3, -0.25) is 0 Å². The molecule has 0 aliphatic carbocycles. The predicted molar refractivity (Wildman–Crippen MR) is 90.0 cm³/mol. The van der Waals surface area contributed by atoms with Crippen LogP contribution >= 0.6 is 0 Å². The van der Waals surface area contributed by atoms with Gasteiger partial charge in [0.15, 0.2) is 0 Å². The molecule has 0 spiro atoms. The molecule has 6 heteroatoms. The van der Waals surface area contributed by atoms with Crippen molar-refractivity contribution in [1.29, 1.82) is 0 Å². The van der Waals surface area contributed by atoms with Crippen molar-refractivity contribution in [2.75, 3.05) is 28.4 Å². The lowest BCUT2D eigenvalue weighted by Crippen LogP contribution is -2.20. The molecule has 0 aliphatic heterocycles. The van der Waals surface area contributed by atoms with Gasteiger partial charge in [0, 0.05) is 28.4 Å². The van der Waals surface area contributed by atoms with Crippen LogP contribution in [0, 0.1) is 0 Å². The van der Waals surface area contributed by atoms with E-state index in [1.807, 2.05) is 0 Å². The molecule has 4 nitrogen and oxygen atoms in total. The van der Waals surface area contributed by atoms with Gasteiger partial charge in [-0.05, 0) is 0 Å². The highest BCUT2D eigenvalue weighted by Crippen LogP contribution is 2.10. The molecule has 0 atom stereocenters. The Hall–Kier alpha value is 0.274. The summed E-state index contributed by atoms with van der Waals surface area (Å²) in [5.41, 5.74) is 0. The van der Waals surface area contributed by atoms with Gasteiger partial charge in [-0.1, -0.05) is 50.6 Å². The Morgan fingerprint density at radius 3 is 1.15 bits per heavy atom. The number of rotatable bonds is 15. The Bertz CT molecular complexity index is 168. The Kier molecular flexibility index (Phi) is 15.9. The topological polar surface area (TPSA) is 36.9 Å². The summed E-state index contributed by atoms with van der Waals surface area (Å²) in [5, 5.41) is 0. The van der Waals surface area contributed by atoms with E-state index in [1.165, 1.54) is 50.6 Å². The molecule has 0 unspecified atom stereocenters. The van der Waals surface area contributed by atoms with Gasteiger partial charge in [0.2, 0.25) is 0 Å². The van der Waals surface area contributed by atoms with Crippen molar-refractivity contribution in [2.24, 2.45) is 0 Å². The average Bonchev–Trinajstić information content (AvgIpc) is 2.49. The van der Waals surface area contributed by atoms with Crippen LogP contribution in [0.4, 0.5) is 0 Å². The largest absolute Gasteiger partial charge is 0.360 e. The van der Waals surface area contributed by atoms with E-state index in [0.29, 0.717) is 0 Å². The minimum absolute atomic E-state index is 0.120. The first kappa shape index (κ1) is 20.3. The smallest absolute Gasteiger partial charge is 0.134 e. The summed E-state index contributed by atoms with van der Waals surface area (Å²) >= 11 is 0. The highest BCUT2D eigenvalue weighted by molar-refractivity contribution is 6.36. The van der Waals surface area contributed by atoms with Crippen molar-refractivity contribution in [3.8, 4) is 0 Å². The van der Waals surface area contributed by atoms with Gasteiger partial charge in [0.05, 0.1) is 19.0 Å². The van der Waals surface area contributed by atoms with Crippen LogP contribution in [-0.2, 0) is 18.9 Å². The van der Waals surface area contributed by atoms with E-state index in [4.69, 9.17) is 18.9 Å². The molecule has 0 bridgehead atoms. The Morgan fingerprint density at radius 1 is 0.550 bits per heavy atom. The molecule has 20 heavy (non-hydrogen) atoms. The van der Waals surface area contributed by atoms with E-state index in [0.717, 1.165) is 0 Å². The third kappa shape index (κ3) is 12.0. The minimum atomic E-state index is -0.204. The summed E-state index contributed by atoms with van der Waals surface area (Å²) in [7, 11) is 6.55. The molecule has 0 saturated heterocycles. The highest BCUT2D eigenvalue weighted by Gasteiger charge is 2.05. The minimum Gasteiger partial charge on any atom is -0.360 e. The summed E-state index contributed by atoms with van der Waals surface area (Å²) in [6, 6.07) is 2.67. The van der Waals surface area contributed by atoms with Gasteiger partial charge >= 0.3 is 0 Å². The Balaban J connectivity index is 3.17. The van der Waals surface area contributed by atoms with Gasteiger partial charge < -0.3 is 18.9 Å². The van der Waals surface area contributed by atoms with Crippen LogP contribution < -0.4 is 0 Å². The summed E-state index contributed by atoms with van der Waals surface area (Å²) in [6.07, 6.45) is 8.17. The van der Waals surface area contributed by atoms with E-state index >= 15 is 0 Å². The molecule has 0 aromatic heterocycles. The zero-order valence-electron chi connectivity index (χ0n) is 13.9. The van der Waals surface area contributed by atoms with Gasteiger partial charge in [0.25, 0.3) is 0 Å². The second-order valence-electron chi connectivity index (χ2n) is 5.21. The van der Waals surface area contributed by atoms with Gasteiger partial charge in [-0.2, -0.15) is 0 Å². The number of hydrogen-bond acceptors (Lipinski definition) is 4. The van der Waals surface area contributed by atoms with E-state index in [1.54, 1.807) is 28.4 Å². The van der Waals surface area contributed by atoms with E-state index in [9.17, 15) is 0 Å². The monoisotopic (exact) mass is 322 g/mol. The molecular weight excluding hydrogens is 288 g/mol. The molecule has 0 heterocycles. The Labute approximate surface area is 129 Å². The fourth-order valence-corrected chi connectivity index (χ4v) is 5.24. The molecule has 122 valence electrons. The predicted octanol–water partition coefficient (Wildman–Crippen LogP) is 1.65. The molecule has 0 fully saturated rings. The maximum Gasteiger partial charge on any atom is 0.134 e. The second-order valence-corrected chi connectivity index (χ2v) is 9.11. The lowest BCUT2D eigenvalue weighted by Gasteiger charge is -2.12. The number of unbranched alkanes of at least 4 members (excludes halogenated alkanes) is 5. The molecule has 0 rings (SSSR count). The van der Waals surface area contributed by atoms with Crippen LogP contribution in [0.2, 0.25) is 12.1 Å². The highest BCUT2D eigenvalue weighted by atomic mass is 28.2.